The van der Waals surface area contributed by atoms with Gasteiger partial charge in [0.05, 0.1) is 11.9 Å². The van der Waals surface area contributed by atoms with Crippen LogP contribution >= 0.6 is 0 Å². The molecule has 0 bridgehead atoms. The Labute approximate surface area is 95.8 Å². The number of nitrogens with zero attached hydrogens (tertiary/aromatic N) is 3. The molecule has 1 N–H and O–H groups in total. The van der Waals surface area contributed by atoms with Gasteiger partial charge in [-0.05, 0) is 30.3 Å². The van der Waals surface area contributed by atoms with E-state index >= 15 is 0 Å². The van der Waals surface area contributed by atoms with E-state index in [1.807, 2.05) is 0 Å². The van der Waals surface area contributed by atoms with Crippen LogP contribution in [0.3, 0.4) is 0 Å². The average molecular weight is 233 g/mol. The van der Waals surface area contributed by atoms with Gasteiger partial charge in [0.2, 0.25) is 0 Å². The zero-order chi connectivity index (χ0) is 12.3. The fourth-order valence-electron chi connectivity index (χ4n) is 1.23. The second-order valence-corrected chi connectivity index (χ2v) is 3.24. The molecule has 0 fully saturated rings. The zero-order valence-electron chi connectivity index (χ0n) is 8.62. The largest absolute Gasteiger partial charge is 0.478 e. The first-order valence-corrected chi connectivity index (χ1v) is 4.74. The van der Waals surface area contributed by atoms with E-state index in [9.17, 15) is 9.18 Å². The van der Waals surface area contributed by atoms with Crippen LogP contribution in [-0.2, 0) is 4.79 Å². The van der Waals surface area contributed by atoms with E-state index in [1.54, 1.807) is 18.3 Å². The van der Waals surface area contributed by atoms with Gasteiger partial charge < -0.3 is 5.11 Å². The van der Waals surface area contributed by atoms with Crippen LogP contribution in [0.1, 0.15) is 5.69 Å². The lowest BCUT2D eigenvalue weighted by Crippen LogP contribution is -1.94. The van der Waals surface area contributed by atoms with Crippen LogP contribution in [0.15, 0.2) is 36.5 Å². The summed E-state index contributed by atoms with van der Waals surface area (Å²) in [5, 5.41) is 16.0. The quantitative estimate of drug-likeness (QED) is 0.816. The van der Waals surface area contributed by atoms with Crippen LogP contribution in [0.2, 0.25) is 0 Å². The SMILES string of the molecule is O=C(O)C=Cc1cn(-c2ccc(F)cc2)nn1. The van der Waals surface area contributed by atoms with Crippen molar-refractivity contribution in [3.63, 3.8) is 0 Å². The Balaban J connectivity index is 2.23. The predicted octanol–water partition coefficient (Wildman–Crippen LogP) is 1.50. The monoisotopic (exact) mass is 233 g/mol. The number of halogens is 1. The fourth-order valence-corrected chi connectivity index (χ4v) is 1.23. The van der Waals surface area contributed by atoms with E-state index in [0.717, 1.165) is 6.08 Å². The Morgan fingerprint density at radius 3 is 2.71 bits per heavy atom. The summed E-state index contributed by atoms with van der Waals surface area (Å²) in [4.78, 5) is 10.3. The maximum absolute atomic E-state index is 12.7. The van der Waals surface area contributed by atoms with Gasteiger partial charge in [-0.1, -0.05) is 5.21 Å². The molecular formula is C11H8FN3O2. The summed E-state index contributed by atoms with van der Waals surface area (Å²) in [6.07, 6.45) is 3.85. The van der Waals surface area contributed by atoms with Crippen LogP contribution in [-0.4, -0.2) is 26.1 Å². The first kappa shape index (κ1) is 11.0. The average Bonchev–Trinajstić information content (AvgIpc) is 2.76. The molecule has 0 aliphatic carbocycles. The molecule has 5 nitrogen and oxygen atoms in total. The third kappa shape index (κ3) is 2.75. The molecule has 0 atom stereocenters. The van der Waals surface area contributed by atoms with Crippen molar-refractivity contribution < 1.29 is 14.3 Å². The second kappa shape index (κ2) is 4.56. The van der Waals surface area contributed by atoms with Gasteiger partial charge in [-0.3, -0.25) is 0 Å². The van der Waals surface area contributed by atoms with E-state index in [-0.39, 0.29) is 5.82 Å². The first-order valence-electron chi connectivity index (χ1n) is 4.74. The Morgan fingerprint density at radius 2 is 2.06 bits per heavy atom. The van der Waals surface area contributed by atoms with Crippen molar-refractivity contribution in [2.24, 2.45) is 0 Å². The molecule has 1 aromatic heterocycles. The van der Waals surface area contributed by atoms with Crippen LogP contribution in [0, 0.1) is 5.82 Å². The molecule has 0 spiro atoms. The summed E-state index contributed by atoms with van der Waals surface area (Å²) in [6.45, 7) is 0. The van der Waals surface area contributed by atoms with Crippen LogP contribution < -0.4 is 0 Å². The minimum absolute atomic E-state index is 0.333. The Kier molecular flexibility index (Phi) is 2.95. The maximum Gasteiger partial charge on any atom is 0.328 e. The Morgan fingerprint density at radius 1 is 1.35 bits per heavy atom. The molecule has 0 radical (unpaired) electrons. The van der Waals surface area contributed by atoms with Gasteiger partial charge in [0.15, 0.2) is 0 Å². The van der Waals surface area contributed by atoms with Crippen molar-refractivity contribution in [3.8, 4) is 5.69 Å². The zero-order valence-corrected chi connectivity index (χ0v) is 8.62. The minimum atomic E-state index is -1.05. The van der Waals surface area contributed by atoms with Crippen LogP contribution in [0.4, 0.5) is 4.39 Å². The molecule has 0 amide bonds. The third-order valence-corrected chi connectivity index (χ3v) is 2.00. The highest BCUT2D eigenvalue weighted by atomic mass is 19.1. The Bertz CT molecular complexity index is 560. The summed E-state index contributed by atoms with van der Waals surface area (Å²) in [7, 11) is 0. The van der Waals surface area contributed by atoms with Gasteiger partial charge in [-0.25, -0.2) is 13.9 Å². The van der Waals surface area contributed by atoms with Gasteiger partial charge in [-0.15, -0.1) is 5.10 Å². The predicted molar refractivity (Wildman–Crippen MR) is 58.0 cm³/mol. The van der Waals surface area contributed by atoms with Gasteiger partial charge in [0.1, 0.15) is 11.5 Å². The maximum atomic E-state index is 12.7. The lowest BCUT2D eigenvalue weighted by Gasteiger charge is -1.97. The van der Waals surface area contributed by atoms with Gasteiger partial charge in [0, 0.05) is 6.08 Å². The molecule has 0 unspecified atom stereocenters. The van der Waals surface area contributed by atoms with Crippen molar-refractivity contribution in [1.29, 1.82) is 0 Å². The highest BCUT2D eigenvalue weighted by molar-refractivity contribution is 5.84. The second-order valence-electron chi connectivity index (χ2n) is 3.24. The van der Waals surface area contributed by atoms with E-state index in [2.05, 4.69) is 10.3 Å². The van der Waals surface area contributed by atoms with Crippen LogP contribution in [0.25, 0.3) is 11.8 Å². The third-order valence-electron chi connectivity index (χ3n) is 2.00. The number of benzene rings is 1. The number of carboxylic acids is 1. The van der Waals surface area contributed by atoms with Gasteiger partial charge in [0.25, 0.3) is 0 Å². The highest BCUT2D eigenvalue weighted by Gasteiger charge is 2.00. The van der Waals surface area contributed by atoms with Crippen molar-refractivity contribution in [1.82, 2.24) is 15.0 Å². The lowest BCUT2D eigenvalue weighted by molar-refractivity contribution is -0.131. The topological polar surface area (TPSA) is 68.0 Å². The molecule has 86 valence electrons. The summed E-state index contributed by atoms with van der Waals surface area (Å²) in [6, 6.07) is 5.72. The number of aromatic nitrogens is 3. The standard InChI is InChI=1S/C11H8FN3O2/c12-8-1-4-10(5-2-8)15-7-9(13-14-15)3-6-11(16)17/h1-7H,(H,16,17). The number of aliphatic carboxylic acids is 1. The molecule has 17 heavy (non-hydrogen) atoms. The Hall–Kier alpha value is -2.50. The molecular weight excluding hydrogens is 225 g/mol. The van der Waals surface area contributed by atoms with Crippen molar-refractivity contribution in [2.75, 3.05) is 0 Å². The fraction of sp³-hybridized carbons (Fsp3) is 0. The summed E-state index contributed by atoms with van der Waals surface area (Å²) < 4.78 is 14.1. The number of carbonyl (C=O) groups is 1. The van der Waals surface area contributed by atoms with Crippen LogP contribution in [0.5, 0.6) is 0 Å². The molecule has 0 saturated heterocycles. The van der Waals surface area contributed by atoms with E-state index < -0.39 is 5.97 Å². The normalized spacial score (nSPS) is 10.9. The molecule has 6 heteroatoms. The number of rotatable bonds is 3. The summed E-state index contributed by atoms with van der Waals surface area (Å²) >= 11 is 0. The molecule has 0 aliphatic rings. The van der Waals surface area contributed by atoms with Crippen molar-refractivity contribution >= 4 is 12.0 Å². The number of hydrogen-bond acceptors (Lipinski definition) is 3. The number of carboxylic acid groups (broad SMARTS) is 1. The summed E-state index contributed by atoms with van der Waals surface area (Å²) in [5.41, 5.74) is 1.06. The van der Waals surface area contributed by atoms with Crippen molar-refractivity contribution in [2.45, 2.75) is 0 Å². The molecule has 2 aromatic rings. The molecule has 0 aliphatic heterocycles. The van der Waals surface area contributed by atoms with Crippen molar-refractivity contribution in [3.05, 3.63) is 48.0 Å². The van der Waals surface area contributed by atoms with E-state index in [4.69, 9.17) is 5.11 Å². The molecule has 0 saturated carbocycles. The van der Waals surface area contributed by atoms with E-state index in [1.165, 1.54) is 22.9 Å². The summed E-state index contributed by atoms with van der Waals surface area (Å²) in [5.74, 6) is -1.39. The van der Waals surface area contributed by atoms with Gasteiger partial charge >= 0.3 is 5.97 Å². The number of hydrogen-bond donors (Lipinski definition) is 1. The molecule has 2 rings (SSSR count). The first-order chi connectivity index (χ1) is 8.15. The van der Waals surface area contributed by atoms with E-state index in [0.29, 0.717) is 11.4 Å². The highest BCUT2D eigenvalue weighted by Crippen LogP contribution is 2.08. The minimum Gasteiger partial charge on any atom is -0.478 e. The van der Waals surface area contributed by atoms with Gasteiger partial charge in [-0.2, -0.15) is 0 Å². The smallest absolute Gasteiger partial charge is 0.328 e. The molecule has 1 aromatic carbocycles. The lowest BCUT2D eigenvalue weighted by atomic mass is 10.3. The molecule has 1 heterocycles.